The van der Waals surface area contributed by atoms with Gasteiger partial charge in [-0.1, -0.05) is 239 Å². The van der Waals surface area contributed by atoms with E-state index < -0.39 is 0 Å². The van der Waals surface area contributed by atoms with Crippen LogP contribution in [0, 0.1) is 83.1 Å². The fraction of sp³-hybridized carbons (Fsp3) is 0.241. The Labute approximate surface area is 732 Å². The predicted octanol–water partition coefficient (Wildman–Crippen LogP) is 31.5. The summed E-state index contributed by atoms with van der Waals surface area (Å²) >= 11 is 0. The van der Waals surface area contributed by atoms with Crippen molar-refractivity contribution in [2.24, 2.45) is 0 Å². The van der Waals surface area contributed by atoms with Gasteiger partial charge in [-0.3, -0.25) is 0 Å². The lowest BCUT2D eigenvalue weighted by atomic mass is 9.78. The van der Waals surface area contributed by atoms with E-state index in [1.807, 2.05) is 0 Å². The summed E-state index contributed by atoms with van der Waals surface area (Å²) in [5.74, 6) is 0. The first-order valence-electron chi connectivity index (χ1n) is 44.0. The number of aromatic nitrogens is 8. The van der Waals surface area contributed by atoms with Gasteiger partial charge in [-0.15, -0.1) is 0 Å². The Kier molecular flexibility index (Phi) is 20.1. The number of nitrogens with zero attached hydrogens (tertiary/aromatic N) is 4. The van der Waals surface area contributed by atoms with Gasteiger partial charge in [0.05, 0.1) is 45.6 Å². The molecular formula is C116H114N8. The molecular weight excluding hydrogens is 1510 g/mol. The van der Waals surface area contributed by atoms with Crippen LogP contribution in [0.15, 0.2) is 182 Å². The van der Waals surface area contributed by atoms with E-state index in [9.17, 15) is 0 Å². The number of nitrogens with one attached hydrogen (secondary N) is 4. The highest BCUT2D eigenvalue weighted by Gasteiger charge is 2.30. The Morgan fingerprint density at radius 1 is 0.169 bits per heavy atom. The van der Waals surface area contributed by atoms with E-state index in [0.717, 1.165) is 190 Å². The SMILES string of the molecule is Cc1cc(C)c(-c2c3nc(c(-c4cc(C(C)(C)C)cc(C(C)(C)C)c4)c4ccc([nH]4)c(-c4c(C)cc(C)cc4C)c4nc(c(-c5ccc(-c6ccc(-c7c8nc(c(-c9c(C)cc(C)cc9C)c9ccc([nH]9)c(-c9cc(C(C)(C)C)cc(C(C)(C)C)c9)c9nc(c(-c%10c(C)cc(C)cc%10C)c%10ccc7[nH]%10)C=C9)C=C8)cc6)cc5)c5ccc2[nH]5)C=C4)C=C3)c(C)c1. The number of H-pyrrole nitrogens is 4. The first-order valence-corrected chi connectivity index (χ1v) is 44.0. The number of hydrogen-bond donors (Lipinski definition) is 4. The molecule has 14 aromatic rings. The van der Waals surface area contributed by atoms with Crippen molar-refractivity contribution in [3.05, 3.63) is 317 Å². The van der Waals surface area contributed by atoms with Crippen LogP contribution in [0.5, 0.6) is 0 Å². The van der Waals surface area contributed by atoms with E-state index in [-0.39, 0.29) is 21.7 Å². The van der Waals surface area contributed by atoms with Crippen molar-refractivity contribution in [2.75, 3.05) is 0 Å². The molecule has 618 valence electrons. The maximum absolute atomic E-state index is 5.84. The third-order valence-electron chi connectivity index (χ3n) is 25.8. The molecule has 0 amide bonds. The molecule has 0 saturated carbocycles. The number of fused-ring (bicyclic) bond motifs is 16. The van der Waals surface area contributed by atoms with Crippen molar-refractivity contribution < 1.29 is 0 Å². The predicted molar refractivity (Wildman–Crippen MR) is 532 cm³/mol. The Morgan fingerprint density at radius 2 is 0.331 bits per heavy atom. The minimum Gasteiger partial charge on any atom is -0.354 e. The molecule has 0 radical (unpaired) electrons. The average molecular weight is 1620 g/mol. The van der Waals surface area contributed by atoms with E-state index in [0.29, 0.717) is 0 Å². The molecule has 6 aromatic heterocycles. The number of aromatic amines is 4. The quantitative estimate of drug-likeness (QED) is 0.115. The summed E-state index contributed by atoms with van der Waals surface area (Å²) < 4.78 is 0. The zero-order valence-corrected chi connectivity index (χ0v) is 76.7. The summed E-state index contributed by atoms with van der Waals surface area (Å²) in [5.41, 5.74) is 53.2. The van der Waals surface area contributed by atoms with Crippen molar-refractivity contribution in [3.8, 4) is 100 Å². The van der Waals surface area contributed by atoms with Gasteiger partial charge in [-0.05, 0) is 324 Å². The highest BCUT2D eigenvalue weighted by Crippen LogP contribution is 2.48. The zero-order chi connectivity index (χ0) is 87.4. The topological polar surface area (TPSA) is 115 Å². The van der Waals surface area contributed by atoms with Gasteiger partial charge in [0.15, 0.2) is 0 Å². The number of rotatable bonds is 9. The monoisotopic (exact) mass is 1620 g/mol. The zero-order valence-electron chi connectivity index (χ0n) is 76.7. The van der Waals surface area contributed by atoms with Crippen LogP contribution < -0.4 is 0 Å². The Balaban J connectivity index is 0.840. The second-order valence-electron chi connectivity index (χ2n) is 39.9. The van der Waals surface area contributed by atoms with Gasteiger partial charge in [-0.25, -0.2) is 19.9 Å². The molecule has 4 N–H and O–H groups in total. The maximum atomic E-state index is 5.84. The van der Waals surface area contributed by atoms with Crippen LogP contribution in [0.4, 0.5) is 0 Å². The molecule has 10 heterocycles. The second-order valence-corrected chi connectivity index (χ2v) is 39.9. The van der Waals surface area contributed by atoms with Gasteiger partial charge < -0.3 is 19.9 Å². The van der Waals surface area contributed by atoms with Gasteiger partial charge in [0.25, 0.3) is 0 Å². The fourth-order valence-corrected chi connectivity index (χ4v) is 19.9. The van der Waals surface area contributed by atoms with E-state index in [1.165, 1.54) is 89.0 Å². The van der Waals surface area contributed by atoms with Crippen molar-refractivity contribution in [1.29, 1.82) is 0 Å². The van der Waals surface area contributed by atoms with Crippen LogP contribution in [-0.2, 0) is 21.7 Å². The molecule has 0 spiro atoms. The Hall–Kier alpha value is -13.0. The van der Waals surface area contributed by atoms with E-state index >= 15 is 0 Å². The molecule has 0 saturated heterocycles. The molecule has 8 heteroatoms. The summed E-state index contributed by atoms with van der Waals surface area (Å²) in [6.45, 7) is 54.5. The maximum Gasteiger partial charge on any atom is 0.0737 e. The minimum atomic E-state index is -0.118. The van der Waals surface area contributed by atoms with Crippen LogP contribution in [0.1, 0.15) is 218 Å². The lowest BCUT2D eigenvalue weighted by Crippen LogP contribution is -2.16. The first kappa shape index (κ1) is 81.9. The molecule has 124 heavy (non-hydrogen) atoms. The van der Waals surface area contributed by atoms with E-state index in [1.54, 1.807) is 0 Å². The third-order valence-corrected chi connectivity index (χ3v) is 25.8. The standard InChI is InChI=1S/C116H114N8/c1-63-49-67(5)101(68(6)50-63)109-93-41-33-85(117-93)105(86-34-42-94(118-86)110(102-69(7)51-64(2)52-70(102)8)98-46-38-90(122-98)107(89-37-45-97(109)121-89)79-57-81(113(13,14)15)61-82(58-79)114(16,17)18)77-29-25-75(26-30-77)76-27-31-78(32-28-76)106-87-35-43-95(119-87)111(103-71(9)53-65(3)54-72(103)10)99-47-39-91(123-99)108(80-59-83(115(19,20)21)62-84(60-80)116(22,23)24)92-40-48-100(124-92)112(96-44-36-88(106)120-96)104-73(11)55-66(4)56-74(104)12/h25-62,117,119,122,124H,1-24H3. The number of hydrogen-bond acceptors (Lipinski definition) is 4. The first-order chi connectivity index (χ1) is 58.8. The number of benzene rings is 8. The van der Waals surface area contributed by atoms with E-state index in [4.69, 9.17) is 19.9 Å². The second kappa shape index (κ2) is 30.5. The molecule has 0 unspecified atom stereocenters. The normalized spacial score (nSPS) is 12.9. The van der Waals surface area contributed by atoms with Crippen LogP contribution in [0.2, 0.25) is 0 Å². The van der Waals surface area contributed by atoms with Gasteiger partial charge in [0.2, 0.25) is 0 Å². The Morgan fingerprint density at radius 3 is 0.516 bits per heavy atom. The largest absolute Gasteiger partial charge is 0.354 e. The third kappa shape index (κ3) is 15.0. The molecule has 8 nitrogen and oxygen atoms in total. The van der Waals surface area contributed by atoms with Crippen molar-refractivity contribution in [1.82, 2.24) is 39.9 Å². The van der Waals surface area contributed by atoms with Gasteiger partial charge in [0, 0.05) is 88.6 Å². The molecule has 0 atom stereocenters. The molecule has 0 fully saturated rings. The summed E-state index contributed by atoms with van der Waals surface area (Å²) in [4.78, 5) is 39.8. The average Bonchev–Trinajstić information content (AvgIpc) is 1.59. The van der Waals surface area contributed by atoms with Crippen LogP contribution >= 0.6 is 0 Å². The van der Waals surface area contributed by atoms with Gasteiger partial charge in [0.1, 0.15) is 0 Å². The van der Waals surface area contributed by atoms with Gasteiger partial charge in [-0.2, -0.15) is 0 Å². The van der Waals surface area contributed by atoms with Crippen LogP contribution in [0.25, 0.3) is 193 Å². The minimum absolute atomic E-state index is 0.118. The molecule has 18 rings (SSSR count). The smallest absolute Gasteiger partial charge is 0.0737 e. The van der Waals surface area contributed by atoms with Crippen molar-refractivity contribution in [2.45, 2.75) is 188 Å². The summed E-state index contributed by atoms with van der Waals surface area (Å²) in [6.07, 6.45) is 17.8. The fourth-order valence-electron chi connectivity index (χ4n) is 19.9. The molecule has 16 bridgehead atoms. The molecule has 4 aliphatic rings. The molecule has 0 aliphatic carbocycles. The summed E-state index contributed by atoms with van der Waals surface area (Å²) in [6, 6.07) is 69.1. The van der Waals surface area contributed by atoms with Crippen LogP contribution in [-0.4, -0.2) is 39.9 Å². The lowest BCUT2D eigenvalue weighted by molar-refractivity contribution is 0.568. The highest BCUT2D eigenvalue weighted by molar-refractivity contribution is 6.05. The Bertz CT molecular complexity index is 6650. The van der Waals surface area contributed by atoms with Gasteiger partial charge >= 0.3 is 0 Å². The number of aryl methyl sites for hydroxylation is 12. The molecule has 4 aliphatic heterocycles. The van der Waals surface area contributed by atoms with Crippen LogP contribution in [0.3, 0.4) is 0 Å². The molecule has 8 aromatic carbocycles. The van der Waals surface area contributed by atoms with E-state index in [2.05, 4.69) is 417 Å². The van der Waals surface area contributed by atoms with Crippen molar-refractivity contribution >= 4 is 92.7 Å². The summed E-state index contributed by atoms with van der Waals surface area (Å²) in [7, 11) is 0. The lowest BCUT2D eigenvalue weighted by Gasteiger charge is -2.26. The van der Waals surface area contributed by atoms with Crippen molar-refractivity contribution in [3.63, 3.8) is 0 Å². The summed E-state index contributed by atoms with van der Waals surface area (Å²) in [5, 5.41) is 0. The highest BCUT2D eigenvalue weighted by atomic mass is 14.8.